The number of benzene rings is 1. The number of aliphatic hydroxyl groups is 1. The number of para-hydroxylation sites is 1. The Morgan fingerprint density at radius 2 is 2.00 bits per heavy atom. The second kappa shape index (κ2) is 4.14. The standard InChI is InChI=1S/C15H17NO4/c1-14(2)8-7-11(17)12(20-14)15(19)9-5-3-4-6-10(9)16-13(15)18/h3-6,12,19H,7-8H2,1-2H3,(H,16,18)/t12-,15-/m0/s1. The van der Waals surface area contributed by atoms with Crippen molar-refractivity contribution >= 4 is 17.4 Å². The third-order valence-corrected chi connectivity index (χ3v) is 4.01. The van der Waals surface area contributed by atoms with Crippen molar-refractivity contribution in [1.29, 1.82) is 0 Å². The molecule has 0 aromatic heterocycles. The van der Waals surface area contributed by atoms with Crippen molar-refractivity contribution < 1.29 is 19.4 Å². The number of ether oxygens (including phenoxy) is 1. The van der Waals surface area contributed by atoms with Gasteiger partial charge < -0.3 is 15.2 Å². The summed E-state index contributed by atoms with van der Waals surface area (Å²) in [5.74, 6) is -0.839. The lowest BCUT2D eigenvalue weighted by Crippen LogP contribution is -2.56. The van der Waals surface area contributed by atoms with E-state index in [0.29, 0.717) is 24.1 Å². The first-order chi connectivity index (χ1) is 9.34. The lowest BCUT2D eigenvalue weighted by atomic mass is 9.82. The van der Waals surface area contributed by atoms with Crippen LogP contribution >= 0.6 is 0 Å². The first kappa shape index (κ1) is 13.3. The molecule has 0 bridgehead atoms. The van der Waals surface area contributed by atoms with E-state index in [4.69, 9.17) is 4.74 Å². The van der Waals surface area contributed by atoms with Crippen molar-refractivity contribution in [2.24, 2.45) is 0 Å². The number of ketones is 1. The van der Waals surface area contributed by atoms with E-state index in [1.54, 1.807) is 24.3 Å². The van der Waals surface area contributed by atoms with E-state index in [0.717, 1.165) is 0 Å². The maximum atomic E-state index is 12.2. The maximum Gasteiger partial charge on any atom is 0.264 e. The molecular formula is C15H17NO4. The zero-order valence-electron chi connectivity index (χ0n) is 11.5. The second-order valence-corrected chi connectivity index (χ2v) is 5.99. The summed E-state index contributed by atoms with van der Waals surface area (Å²) in [6, 6.07) is 6.83. The molecule has 1 saturated heterocycles. The van der Waals surface area contributed by atoms with Crippen LogP contribution in [0.15, 0.2) is 24.3 Å². The third kappa shape index (κ3) is 1.77. The predicted octanol–water partition coefficient (Wildman–Crippen LogP) is 1.35. The number of hydrogen-bond acceptors (Lipinski definition) is 4. The molecule has 2 atom stereocenters. The number of carbonyl (C=O) groups is 2. The summed E-state index contributed by atoms with van der Waals surface area (Å²) in [7, 11) is 0. The molecule has 1 fully saturated rings. The van der Waals surface area contributed by atoms with Crippen molar-refractivity contribution in [3.05, 3.63) is 29.8 Å². The summed E-state index contributed by atoms with van der Waals surface area (Å²) in [6.07, 6.45) is -0.271. The van der Waals surface area contributed by atoms with Gasteiger partial charge in [-0.05, 0) is 26.3 Å². The number of amides is 1. The molecule has 0 aliphatic carbocycles. The Kier molecular flexibility index (Phi) is 2.74. The average Bonchev–Trinajstić information content (AvgIpc) is 2.66. The summed E-state index contributed by atoms with van der Waals surface area (Å²) in [5, 5.41) is 13.5. The molecule has 2 N–H and O–H groups in total. The first-order valence-electron chi connectivity index (χ1n) is 6.68. The Balaban J connectivity index is 2.07. The minimum Gasteiger partial charge on any atom is -0.373 e. The Morgan fingerprint density at radius 1 is 1.30 bits per heavy atom. The van der Waals surface area contributed by atoms with Crippen LogP contribution in [0, 0.1) is 0 Å². The van der Waals surface area contributed by atoms with Gasteiger partial charge >= 0.3 is 0 Å². The molecule has 106 valence electrons. The molecule has 5 nitrogen and oxygen atoms in total. The number of hydrogen-bond donors (Lipinski definition) is 2. The lowest BCUT2D eigenvalue weighted by molar-refractivity contribution is -0.194. The first-order valence-corrected chi connectivity index (χ1v) is 6.68. The summed E-state index contributed by atoms with van der Waals surface area (Å²) < 4.78 is 5.74. The van der Waals surface area contributed by atoms with Crippen molar-refractivity contribution in [2.45, 2.75) is 44.0 Å². The zero-order valence-corrected chi connectivity index (χ0v) is 11.5. The minimum atomic E-state index is -1.94. The van der Waals surface area contributed by atoms with Crippen molar-refractivity contribution in [2.75, 3.05) is 5.32 Å². The molecule has 3 rings (SSSR count). The van der Waals surface area contributed by atoms with Gasteiger partial charge in [0.05, 0.1) is 5.60 Å². The smallest absolute Gasteiger partial charge is 0.264 e. The highest BCUT2D eigenvalue weighted by Crippen LogP contribution is 2.43. The topological polar surface area (TPSA) is 75.6 Å². The van der Waals surface area contributed by atoms with E-state index in [2.05, 4.69) is 5.32 Å². The van der Waals surface area contributed by atoms with Gasteiger partial charge in [0.25, 0.3) is 5.91 Å². The van der Waals surface area contributed by atoms with Crippen LogP contribution in [0.25, 0.3) is 0 Å². The predicted molar refractivity (Wildman–Crippen MR) is 72.2 cm³/mol. The van der Waals surface area contributed by atoms with E-state index in [9.17, 15) is 14.7 Å². The molecule has 1 aromatic rings. The molecule has 20 heavy (non-hydrogen) atoms. The number of anilines is 1. The van der Waals surface area contributed by atoms with E-state index < -0.39 is 23.2 Å². The van der Waals surface area contributed by atoms with E-state index in [1.807, 2.05) is 13.8 Å². The van der Waals surface area contributed by atoms with Crippen molar-refractivity contribution in [3.63, 3.8) is 0 Å². The van der Waals surface area contributed by atoms with Crippen LogP contribution in [0.2, 0.25) is 0 Å². The van der Waals surface area contributed by atoms with Gasteiger partial charge in [0.1, 0.15) is 0 Å². The van der Waals surface area contributed by atoms with Crippen LogP contribution in [0.3, 0.4) is 0 Å². The average molecular weight is 275 g/mol. The summed E-state index contributed by atoms with van der Waals surface area (Å²) >= 11 is 0. The fourth-order valence-corrected chi connectivity index (χ4v) is 2.84. The molecular weight excluding hydrogens is 258 g/mol. The molecule has 0 radical (unpaired) electrons. The lowest BCUT2D eigenvalue weighted by Gasteiger charge is -2.40. The monoisotopic (exact) mass is 275 g/mol. The highest BCUT2D eigenvalue weighted by molar-refractivity contribution is 6.08. The number of fused-ring (bicyclic) bond motifs is 1. The SMILES string of the molecule is CC1(C)CCC(=O)[C@@H]([C@]2(O)C(=O)Nc3ccccc32)O1. The van der Waals surface area contributed by atoms with Gasteiger partial charge in [0.2, 0.25) is 5.60 Å². The summed E-state index contributed by atoms with van der Waals surface area (Å²) in [5.41, 5.74) is -1.54. The zero-order chi connectivity index (χ0) is 14.5. The van der Waals surface area contributed by atoms with Crippen LogP contribution in [0.5, 0.6) is 0 Å². The highest BCUT2D eigenvalue weighted by Gasteiger charge is 2.57. The Labute approximate surface area is 116 Å². The second-order valence-electron chi connectivity index (χ2n) is 5.99. The Bertz CT molecular complexity index is 595. The van der Waals surface area contributed by atoms with Gasteiger partial charge in [0.15, 0.2) is 11.9 Å². The maximum absolute atomic E-state index is 12.2. The fraction of sp³-hybridized carbons (Fsp3) is 0.467. The fourth-order valence-electron chi connectivity index (χ4n) is 2.84. The number of rotatable bonds is 1. The number of nitrogens with one attached hydrogen (secondary N) is 1. The van der Waals surface area contributed by atoms with Gasteiger partial charge in [0, 0.05) is 17.7 Å². The van der Waals surface area contributed by atoms with Gasteiger partial charge in [-0.1, -0.05) is 18.2 Å². The molecule has 5 heteroatoms. The molecule has 0 unspecified atom stereocenters. The highest BCUT2D eigenvalue weighted by atomic mass is 16.5. The normalized spacial score (nSPS) is 31.9. The van der Waals surface area contributed by atoms with Crippen LogP contribution < -0.4 is 5.32 Å². The quantitative estimate of drug-likeness (QED) is 0.811. The molecule has 0 spiro atoms. The van der Waals surface area contributed by atoms with Gasteiger partial charge in [-0.15, -0.1) is 0 Å². The van der Waals surface area contributed by atoms with Crippen LogP contribution in [0.1, 0.15) is 32.3 Å². The van der Waals surface area contributed by atoms with Crippen molar-refractivity contribution in [3.8, 4) is 0 Å². The van der Waals surface area contributed by atoms with E-state index in [-0.39, 0.29) is 5.78 Å². The van der Waals surface area contributed by atoms with Crippen LogP contribution in [-0.4, -0.2) is 28.5 Å². The molecule has 2 heterocycles. The summed E-state index contributed by atoms with van der Waals surface area (Å²) in [4.78, 5) is 24.4. The number of Topliss-reactive ketones (excluding diaryl/α,β-unsaturated/α-hetero) is 1. The Morgan fingerprint density at radius 3 is 2.75 bits per heavy atom. The van der Waals surface area contributed by atoms with Gasteiger partial charge in [-0.2, -0.15) is 0 Å². The van der Waals surface area contributed by atoms with Crippen LogP contribution in [-0.2, 0) is 19.9 Å². The van der Waals surface area contributed by atoms with Gasteiger partial charge in [-0.3, -0.25) is 9.59 Å². The van der Waals surface area contributed by atoms with E-state index >= 15 is 0 Å². The minimum absolute atomic E-state index is 0.237. The molecule has 1 aromatic carbocycles. The molecule has 1 amide bonds. The van der Waals surface area contributed by atoms with Crippen LogP contribution in [0.4, 0.5) is 5.69 Å². The molecule has 2 aliphatic heterocycles. The molecule has 0 saturated carbocycles. The largest absolute Gasteiger partial charge is 0.373 e. The third-order valence-electron chi connectivity index (χ3n) is 4.01. The van der Waals surface area contributed by atoms with Gasteiger partial charge in [-0.25, -0.2) is 0 Å². The van der Waals surface area contributed by atoms with Crippen molar-refractivity contribution in [1.82, 2.24) is 0 Å². The molecule has 2 aliphatic rings. The summed E-state index contributed by atoms with van der Waals surface area (Å²) in [6.45, 7) is 3.71. The number of carbonyl (C=O) groups excluding carboxylic acids is 2. The van der Waals surface area contributed by atoms with E-state index in [1.165, 1.54) is 0 Å². The Hall–Kier alpha value is -1.72.